The highest BCUT2D eigenvalue weighted by atomic mass is 32.2. The second kappa shape index (κ2) is 7.76. The minimum absolute atomic E-state index is 0.0498. The lowest BCUT2D eigenvalue weighted by molar-refractivity contribution is -0.119. The summed E-state index contributed by atoms with van der Waals surface area (Å²) in [6.45, 7) is 2.33. The zero-order valence-corrected chi connectivity index (χ0v) is 13.1. The Hall–Kier alpha value is -2.13. The molecule has 0 spiro atoms. The van der Waals surface area contributed by atoms with Gasteiger partial charge >= 0.3 is 0 Å². The molecule has 8 nitrogen and oxygen atoms in total. The van der Waals surface area contributed by atoms with Crippen LogP contribution < -0.4 is 5.32 Å². The van der Waals surface area contributed by atoms with E-state index in [9.17, 15) is 9.90 Å². The van der Waals surface area contributed by atoms with E-state index in [1.165, 1.54) is 16.4 Å². The van der Waals surface area contributed by atoms with E-state index < -0.39 is 0 Å². The van der Waals surface area contributed by atoms with Gasteiger partial charge in [0.2, 0.25) is 11.1 Å². The molecule has 1 heterocycles. The van der Waals surface area contributed by atoms with Crippen LogP contribution >= 0.6 is 11.8 Å². The van der Waals surface area contributed by atoms with Crippen LogP contribution in [0.2, 0.25) is 0 Å². The molecule has 0 saturated heterocycles. The molecular formula is C13H17N5O3S. The number of tetrazole rings is 1. The van der Waals surface area contributed by atoms with E-state index in [2.05, 4.69) is 20.8 Å². The lowest BCUT2D eigenvalue weighted by Crippen LogP contribution is -2.36. The Morgan fingerprint density at radius 1 is 1.45 bits per heavy atom. The molecule has 2 rings (SSSR count). The van der Waals surface area contributed by atoms with E-state index in [-0.39, 0.29) is 23.5 Å². The topological polar surface area (TPSA) is 102 Å². The fourth-order valence-corrected chi connectivity index (χ4v) is 2.47. The van der Waals surface area contributed by atoms with Crippen LogP contribution in [0.4, 0.5) is 0 Å². The van der Waals surface area contributed by atoms with Crippen LogP contribution in [-0.4, -0.2) is 56.7 Å². The maximum absolute atomic E-state index is 11.8. The fraction of sp³-hybridized carbons (Fsp3) is 0.385. The van der Waals surface area contributed by atoms with Crippen LogP contribution in [0.3, 0.4) is 0 Å². The molecule has 1 amide bonds. The van der Waals surface area contributed by atoms with Gasteiger partial charge < -0.3 is 15.2 Å². The molecule has 118 valence electrons. The summed E-state index contributed by atoms with van der Waals surface area (Å²) < 4.78 is 6.47. The van der Waals surface area contributed by atoms with Gasteiger partial charge in [0.05, 0.1) is 18.0 Å². The van der Waals surface area contributed by atoms with Crippen LogP contribution in [0.25, 0.3) is 5.69 Å². The molecule has 0 radical (unpaired) electrons. The Morgan fingerprint density at radius 3 is 2.86 bits per heavy atom. The lowest BCUT2D eigenvalue weighted by atomic mass is 10.3. The number of phenols is 1. The van der Waals surface area contributed by atoms with Crippen LogP contribution in [0, 0.1) is 0 Å². The number of nitrogens with zero attached hydrogens (tertiary/aromatic N) is 4. The van der Waals surface area contributed by atoms with Gasteiger partial charge in [-0.15, -0.1) is 5.10 Å². The van der Waals surface area contributed by atoms with Crippen LogP contribution in [-0.2, 0) is 9.53 Å². The van der Waals surface area contributed by atoms with Gasteiger partial charge in [-0.05, 0) is 41.6 Å². The molecule has 1 aromatic heterocycles. The summed E-state index contributed by atoms with van der Waals surface area (Å²) in [5.41, 5.74) is 0.707. The quantitative estimate of drug-likeness (QED) is 0.720. The molecule has 1 aromatic carbocycles. The Bertz CT molecular complexity index is 616. The van der Waals surface area contributed by atoms with Crippen LogP contribution in [0.15, 0.2) is 29.4 Å². The molecule has 1 unspecified atom stereocenters. The number of amides is 1. The number of hydrogen-bond acceptors (Lipinski definition) is 7. The summed E-state index contributed by atoms with van der Waals surface area (Å²) in [4.78, 5) is 11.8. The maximum Gasteiger partial charge on any atom is 0.230 e. The normalized spacial score (nSPS) is 12.1. The molecule has 2 aromatic rings. The average molecular weight is 323 g/mol. The molecule has 1 atom stereocenters. The average Bonchev–Trinajstić information content (AvgIpc) is 2.94. The SMILES string of the molecule is COCC(C)NC(=O)CSc1nnnn1-c1ccc(O)cc1. The third kappa shape index (κ3) is 4.43. The molecule has 2 N–H and O–H groups in total. The van der Waals surface area contributed by atoms with E-state index in [1.807, 2.05) is 6.92 Å². The summed E-state index contributed by atoms with van der Waals surface area (Å²) in [5.74, 6) is 0.249. The van der Waals surface area contributed by atoms with Crippen molar-refractivity contribution in [3.05, 3.63) is 24.3 Å². The van der Waals surface area contributed by atoms with Crippen molar-refractivity contribution in [1.29, 1.82) is 0 Å². The van der Waals surface area contributed by atoms with Gasteiger partial charge in [-0.2, -0.15) is 4.68 Å². The zero-order valence-electron chi connectivity index (χ0n) is 12.3. The van der Waals surface area contributed by atoms with Crippen LogP contribution in [0.1, 0.15) is 6.92 Å². The van der Waals surface area contributed by atoms with Crippen molar-refractivity contribution >= 4 is 17.7 Å². The van der Waals surface area contributed by atoms with E-state index >= 15 is 0 Å². The summed E-state index contributed by atoms with van der Waals surface area (Å²) in [6.07, 6.45) is 0. The number of ether oxygens (including phenoxy) is 1. The molecule has 0 aliphatic rings. The first-order chi connectivity index (χ1) is 10.6. The summed E-state index contributed by atoms with van der Waals surface area (Å²) in [6, 6.07) is 6.42. The minimum Gasteiger partial charge on any atom is -0.508 e. The fourth-order valence-electron chi connectivity index (χ4n) is 1.76. The van der Waals surface area contributed by atoms with Gasteiger partial charge in [-0.25, -0.2) is 0 Å². The number of nitrogens with one attached hydrogen (secondary N) is 1. The number of phenolic OH excluding ortho intramolecular Hbond substituents is 1. The number of carbonyl (C=O) groups excluding carboxylic acids is 1. The number of benzene rings is 1. The number of rotatable bonds is 7. The van der Waals surface area contributed by atoms with E-state index in [0.717, 1.165) is 0 Å². The monoisotopic (exact) mass is 323 g/mol. The van der Waals surface area contributed by atoms with Gasteiger partial charge in [0.15, 0.2) is 0 Å². The number of carbonyl (C=O) groups is 1. The summed E-state index contributed by atoms with van der Waals surface area (Å²) >= 11 is 1.23. The van der Waals surface area contributed by atoms with Crippen molar-refractivity contribution in [2.75, 3.05) is 19.5 Å². The van der Waals surface area contributed by atoms with Crippen molar-refractivity contribution in [1.82, 2.24) is 25.5 Å². The molecular weight excluding hydrogens is 306 g/mol. The number of hydrogen-bond donors (Lipinski definition) is 2. The highest BCUT2D eigenvalue weighted by molar-refractivity contribution is 7.99. The summed E-state index contributed by atoms with van der Waals surface area (Å²) in [5, 5.41) is 24.0. The van der Waals surface area contributed by atoms with Gasteiger partial charge in [0, 0.05) is 13.2 Å². The summed E-state index contributed by atoms with van der Waals surface area (Å²) in [7, 11) is 1.59. The number of thioether (sulfide) groups is 1. The maximum atomic E-state index is 11.8. The Balaban J connectivity index is 1.96. The molecule has 0 saturated carbocycles. The third-order valence-electron chi connectivity index (χ3n) is 2.69. The standard InChI is InChI=1S/C13H17N5O3S/c1-9(7-21-2)14-12(20)8-22-13-15-16-17-18(13)10-3-5-11(19)6-4-10/h3-6,9,19H,7-8H2,1-2H3,(H,14,20). The highest BCUT2D eigenvalue weighted by Crippen LogP contribution is 2.19. The van der Waals surface area contributed by atoms with Crippen molar-refractivity contribution < 1.29 is 14.6 Å². The van der Waals surface area contributed by atoms with Gasteiger partial charge in [-0.3, -0.25) is 4.79 Å². The van der Waals surface area contributed by atoms with Gasteiger partial charge in [0.25, 0.3) is 0 Å². The number of aromatic hydroxyl groups is 1. The Morgan fingerprint density at radius 2 is 2.18 bits per heavy atom. The van der Waals surface area contributed by atoms with Crippen molar-refractivity contribution in [2.24, 2.45) is 0 Å². The first-order valence-electron chi connectivity index (χ1n) is 6.59. The number of methoxy groups -OCH3 is 1. The molecule has 9 heteroatoms. The van der Waals surface area contributed by atoms with Crippen molar-refractivity contribution in [3.8, 4) is 11.4 Å². The third-order valence-corrected chi connectivity index (χ3v) is 3.61. The molecule has 0 fully saturated rings. The second-order valence-electron chi connectivity index (χ2n) is 4.60. The zero-order chi connectivity index (χ0) is 15.9. The van der Waals surface area contributed by atoms with Crippen molar-refractivity contribution in [3.63, 3.8) is 0 Å². The molecule has 0 bridgehead atoms. The Kier molecular flexibility index (Phi) is 5.73. The first-order valence-corrected chi connectivity index (χ1v) is 7.57. The smallest absolute Gasteiger partial charge is 0.230 e. The Labute approximate surface area is 131 Å². The molecule has 0 aliphatic heterocycles. The minimum atomic E-state index is -0.116. The largest absolute Gasteiger partial charge is 0.508 e. The molecule has 0 aliphatic carbocycles. The highest BCUT2D eigenvalue weighted by Gasteiger charge is 2.13. The van der Waals surface area contributed by atoms with Crippen molar-refractivity contribution in [2.45, 2.75) is 18.1 Å². The van der Waals surface area contributed by atoms with Gasteiger partial charge in [-0.1, -0.05) is 11.8 Å². The predicted octanol–water partition coefficient (Wildman–Crippen LogP) is 0.611. The first kappa shape index (κ1) is 16.2. The lowest BCUT2D eigenvalue weighted by Gasteiger charge is -2.12. The van der Waals surface area contributed by atoms with Gasteiger partial charge in [0.1, 0.15) is 5.75 Å². The van der Waals surface area contributed by atoms with E-state index in [1.54, 1.807) is 31.4 Å². The molecule has 22 heavy (non-hydrogen) atoms. The predicted molar refractivity (Wildman–Crippen MR) is 81.0 cm³/mol. The van der Waals surface area contributed by atoms with E-state index in [4.69, 9.17) is 4.74 Å². The number of aromatic nitrogens is 4. The van der Waals surface area contributed by atoms with E-state index in [0.29, 0.717) is 17.5 Å². The van der Waals surface area contributed by atoms with Crippen LogP contribution in [0.5, 0.6) is 5.75 Å². The second-order valence-corrected chi connectivity index (χ2v) is 5.54.